The van der Waals surface area contributed by atoms with Crippen molar-refractivity contribution >= 4 is 29.0 Å². The van der Waals surface area contributed by atoms with Gasteiger partial charge in [0.1, 0.15) is 5.15 Å². The molecule has 0 saturated heterocycles. The Bertz CT molecular complexity index is 505. The van der Waals surface area contributed by atoms with E-state index in [1.807, 2.05) is 7.05 Å². The second-order valence-corrected chi connectivity index (χ2v) is 3.80. The van der Waals surface area contributed by atoms with E-state index in [4.69, 9.17) is 23.2 Å². The highest BCUT2D eigenvalue weighted by molar-refractivity contribution is 6.31. The fourth-order valence-electron chi connectivity index (χ4n) is 0.867. The van der Waals surface area contributed by atoms with Gasteiger partial charge in [0.15, 0.2) is 0 Å². The fraction of sp³-hybridized carbons (Fsp3) is 0.250. The van der Waals surface area contributed by atoms with Gasteiger partial charge in [-0.1, -0.05) is 23.2 Å². The molecule has 17 heavy (non-hydrogen) atoms. The fourth-order valence-corrected chi connectivity index (χ4v) is 1.13. The van der Waals surface area contributed by atoms with Crippen LogP contribution in [0.15, 0.2) is 18.9 Å². The lowest BCUT2D eigenvalue weighted by Gasteiger charge is -1.88. The SMILES string of the molecule is Cn1cnc([N+](=O)[O-])c1Cl.Cn1cncc1Cl. The Hall–Kier alpha value is -1.60. The topological polar surface area (TPSA) is 78.8 Å². The van der Waals surface area contributed by atoms with Crippen molar-refractivity contribution in [3.63, 3.8) is 0 Å². The van der Waals surface area contributed by atoms with E-state index in [1.54, 1.807) is 24.1 Å². The summed E-state index contributed by atoms with van der Waals surface area (Å²) in [5.74, 6) is -0.302. The van der Waals surface area contributed by atoms with Gasteiger partial charge in [-0.3, -0.25) is 4.57 Å². The van der Waals surface area contributed by atoms with Crippen molar-refractivity contribution in [2.75, 3.05) is 0 Å². The van der Waals surface area contributed by atoms with Crippen LogP contribution in [-0.4, -0.2) is 24.0 Å². The van der Waals surface area contributed by atoms with Gasteiger partial charge < -0.3 is 14.7 Å². The minimum atomic E-state index is -0.623. The summed E-state index contributed by atoms with van der Waals surface area (Å²) < 4.78 is 3.11. The molecular weight excluding hydrogens is 269 g/mol. The molecule has 0 unspecified atom stereocenters. The van der Waals surface area contributed by atoms with Crippen molar-refractivity contribution in [2.45, 2.75) is 0 Å². The Labute approximate surface area is 107 Å². The number of nitro groups is 1. The summed E-state index contributed by atoms with van der Waals surface area (Å²) in [6.07, 6.45) is 4.55. The first-order valence-electron chi connectivity index (χ1n) is 4.36. The zero-order valence-corrected chi connectivity index (χ0v) is 10.6. The predicted octanol–water partition coefficient (Wildman–Crippen LogP) is 2.06. The normalized spacial score (nSPS) is 9.65. The maximum absolute atomic E-state index is 10.1. The first kappa shape index (κ1) is 13.5. The first-order chi connectivity index (χ1) is 7.93. The summed E-state index contributed by atoms with van der Waals surface area (Å²) in [7, 11) is 3.43. The highest BCUT2D eigenvalue weighted by Gasteiger charge is 2.16. The lowest BCUT2D eigenvalue weighted by Crippen LogP contribution is -1.89. The van der Waals surface area contributed by atoms with E-state index >= 15 is 0 Å². The summed E-state index contributed by atoms with van der Waals surface area (Å²) in [6.45, 7) is 0. The third-order valence-corrected chi connectivity index (χ3v) is 2.58. The van der Waals surface area contributed by atoms with Gasteiger partial charge in [0.25, 0.3) is 0 Å². The van der Waals surface area contributed by atoms with Gasteiger partial charge in [-0.25, -0.2) is 4.98 Å². The molecule has 0 saturated carbocycles. The molecule has 2 aromatic heterocycles. The molecule has 0 aliphatic rings. The Morgan fingerprint density at radius 1 is 1.29 bits per heavy atom. The Morgan fingerprint density at radius 3 is 2.12 bits per heavy atom. The third-order valence-electron chi connectivity index (χ3n) is 1.78. The smallest absolute Gasteiger partial charge is 0.358 e. The minimum Gasteiger partial charge on any atom is -0.358 e. The van der Waals surface area contributed by atoms with Crippen LogP contribution in [0.5, 0.6) is 0 Å². The van der Waals surface area contributed by atoms with Crippen LogP contribution in [0.2, 0.25) is 10.3 Å². The molecule has 92 valence electrons. The van der Waals surface area contributed by atoms with Crippen LogP contribution in [0, 0.1) is 10.1 Å². The van der Waals surface area contributed by atoms with E-state index in [0.717, 1.165) is 0 Å². The number of hydrogen-bond donors (Lipinski definition) is 0. The average Bonchev–Trinajstić information content (AvgIpc) is 2.78. The molecule has 0 radical (unpaired) electrons. The van der Waals surface area contributed by atoms with Crippen molar-refractivity contribution in [1.29, 1.82) is 0 Å². The number of nitrogens with zero attached hydrogens (tertiary/aromatic N) is 5. The number of halogens is 2. The van der Waals surface area contributed by atoms with E-state index in [-0.39, 0.29) is 11.0 Å². The second kappa shape index (κ2) is 5.65. The molecule has 0 fully saturated rings. The van der Waals surface area contributed by atoms with E-state index < -0.39 is 4.92 Å². The number of aromatic nitrogens is 4. The van der Waals surface area contributed by atoms with Gasteiger partial charge in [0.05, 0.1) is 12.5 Å². The standard InChI is InChI=1S/C4H4ClN3O2.C4H5ClN2/c1-7-2-6-4(3(7)5)8(9)10;1-7-3-6-2-4(7)5/h2H,1H3;2-3H,1H3. The zero-order chi connectivity index (χ0) is 13.0. The van der Waals surface area contributed by atoms with Crippen molar-refractivity contribution < 1.29 is 4.92 Å². The van der Waals surface area contributed by atoms with Gasteiger partial charge in [0.2, 0.25) is 11.5 Å². The highest BCUT2D eigenvalue weighted by atomic mass is 35.5. The second-order valence-electron chi connectivity index (χ2n) is 3.05. The maximum atomic E-state index is 10.1. The van der Waals surface area contributed by atoms with E-state index in [2.05, 4.69) is 9.97 Å². The molecular formula is C8H9Cl2N5O2. The van der Waals surface area contributed by atoms with E-state index in [0.29, 0.717) is 5.15 Å². The molecule has 0 aromatic carbocycles. The minimum absolute atomic E-state index is 0.0463. The predicted molar refractivity (Wildman–Crippen MR) is 63.1 cm³/mol. The van der Waals surface area contributed by atoms with Crippen molar-refractivity contribution in [3.05, 3.63) is 39.3 Å². The largest absolute Gasteiger partial charge is 0.401 e. The first-order valence-corrected chi connectivity index (χ1v) is 5.12. The van der Waals surface area contributed by atoms with Gasteiger partial charge in [-0.2, -0.15) is 0 Å². The number of imidazole rings is 2. The molecule has 0 bridgehead atoms. The Kier molecular flexibility index (Phi) is 4.47. The molecule has 2 aromatic rings. The monoisotopic (exact) mass is 277 g/mol. The molecule has 0 spiro atoms. The van der Waals surface area contributed by atoms with E-state index in [1.165, 1.54) is 10.9 Å². The van der Waals surface area contributed by atoms with Gasteiger partial charge in [-0.15, -0.1) is 0 Å². The average molecular weight is 278 g/mol. The van der Waals surface area contributed by atoms with Crippen molar-refractivity contribution in [1.82, 2.24) is 19.1 Å². The number of hydrogen-bond acceptors (Lipinski definition) is 4. The molecule has 0 N–H and O–H groups in total. The lowest BCUT2D eigenvalue weighted by molar-refractivity contribution is -0.389. The highest BCUT2D eigenvalue weighted by Crippen LogP contribution is 2.19. The van der Waals surface area contributed by atoms with Crippen LogP contribution in [0.25, 0.3) is 0 Å². The van der Waals surface area contributed by atoms with Crippen molar-refractivity contribution in [3.8, 4) is 0 Å². The lowest BCUT2D eigenvalue weighted by atomic mass is 10.8. The van der Waals surface area contributed by atoms with Crippen LogP contribution in [0.1, 0.15) is 0 Å². The summed E-state index contributed by atoms with van der Waals surface area (Å²) in [5, 5.41) is 10.8. The zero-order valence-electron chi connectivity index (χ0n) is 9.04. The molecule has 7 nitrogen and oxygen atoms in total. The molecule has 2 rings (SSSR count). The van der Waals surface area contributed by atoms with E-state index in [9.17, 15) is 10.1 Å². The molecule has 2 heterocycles. The van der Waals surface area contributed by atoms with Crippen LogP contribution < -0.4 is 0 Å². The van der Waals surface area contributed by atoms with Crippen LogP contribution in [-0.2, 0) is 14.1 Å². The van der Waals surface area contributed by atoms with Crippen LogP contribution in [0.3, 0.4) is 0 Å². The maximum Gasteiger partial charge on any atom is 0.401 e. The van der Waals surface area contributed by atoms with Crippen LogP contribution >= 0.6 is 23.2 Å². The Morgan fingerprint density at radius 2 is 1.94 bits per heavy atom. The number of rotatable bonds is 1. The van der Waals surface area contributed by atoms with Crippen molar-refractivity contribution in [2.24, 2.45) is 14.1 Å². The van der Waals surface area contributed by atoms with Crippen LogP contribution in [0.4, 0.5) is 5.82 Å². The molecule has 0 aliphatic heterocycles. The Balaban J connectivity index is 0.000000181. The quantitative estimate of drug-likeness (QED) is 0.590. The summed E-state index contributed by atoms with van der Waals surface area (Å²) in [4.78, 5) is 16.7. The molecule has 0 atom stereocenters. The number of aryl methyl sites for hydroxylation is 2. The molecule has 0 amide bonds. The molecule has 9 heteroatoms. The summed E-state index contributed by atoms with van der Waals surface area (Å²) >= 11 is 11.0. The summed E-state index contributed by atoms with van der Waals surface area (Å²) in [6, 6.07) is 0. The van der Waals surface area contributed by atoms with Gasteiger partial charge in [0, 0.05) is 14.1 Å². The van der Waals surface area contributed by atoms with Gasteiger partial charge >= 0.3 is 5.82 Å². The molecule has 0 aliphatic carbocycles. The summed E-state index contributed by atoms with van der Waals surface area (Å²) in [5.41, 5.74) is 0. The van der Waals surface area contributed by atoms with Gasteiger partial charge in [-0.05, 0) is 9.91 Å². The third kappa shape index (κ3) is 3.43.